The van der Waals surface area contributed by atoms with Gasteiger partial charge in [-0.1, -0.05) is 0 Å². The second kappa shape index (κ2) is 5.87. The number of rotatable bonds is 6. The quantitative estimate of drug-likeness (QED) is 0.680. The second-order valence-electron chi connectivity index (χ2n) is 4.50. The number of hydrogen-bond acceptors (Lipinski definition) is 6. The second-order valence-corrected chi connectivity index (χ2v) is 5.40. The van der Waals surface area contributed by atoms with Crippen LogP contribution in [-0.4, -0.2) is 26.1 Å². The molecular weight excluding hydrogens is 272 g/mol. The maximum Gasteiger partial charge on any atom is 0.223 e. The van der Waals surface area contributed by atoms with Gasteiger partial charge in [-0.25, -0.2) is 9.97 Å². The number of nitrogens with zero attached hydrogens (tertiary/aromatic N) is 4. The van der Waals surface area contributed by atoms with E-state index in [1.54, 1.807) is 17.5 Å². The molecule has 0 aliphatic carbocycles. The molecule has 0 aromatic carbocycles. The predicted octanol–water partition coefficient (Wildman–Crippen LogP) is 2.36. The van der Waals surface area contributed by atoms with Crippen LogP contribution in [0.1, 0.15) is 12.8 Å². The molecule has 3 rings (SSSR count). The van der Waals surface area contributed by atoms with Gasteiger partial charge in [0, 0.05) is 25.5 Å². The lowest BCUT2D eigenvalue weighted by molar-refractivity contribution is 0.621. The van der Waals surface area contributed by atoms with E-state index in [9.17, 15) is 0 Å². The fourth-order valence-corrected chi connectivity index (χ4v) is 2.82. The number of nitrogens with two attached hydrogens (primary N) is 1. The van der Waals surface area contributed by atoms with Gasteiger partial charge in [-0.05, 0) is 24.3 Å². The Morgan fingerprint density at radius 1 is 1.30 bits per heavy atom. The Morgan fingerprint density at radius 2 is 2.25 bits per heavy atom. The highest BCUT2D eigenvalue weighted by Gasteiger charge is 2.06. The smallest absolute Gasteiger partial charge is 0.223 e. The van der Waals surface area contributed by atoms with Gasteiger partial charge in [0.05, 0.1) is 11.7 Å². The monoisotopic (exact) mass is 288 g/mol. The summed E-state index contributed by atoms with van der Waals surface area (Å²) < 4.78 is 2.08. The number of imidazole rings is 1. The molecular formula is C13H16N6S. The number of nitrogens with one attached hydrogen (secondary N) is 1. The number of thiophene rings is 1. The van der Waals surface area contributed by atoms with Crippen LogP contribution in [0.15, 0.2) is 30.2 Å². The van der Waals surface area contributed by atoms with Crippen molar-refractivity contribution < 1.29 is 0 Å². The van der Waals surface area contributed by atoms with Crippen LogP contribution in [0.5, 0.6) is 0 Å². The maximum atomic E-state index is 5.71. The fraction of sp³-hybridized carbons (Fsp3) is 0.308. The van der Waals surface area contributed by atoms with Crippen LogP contribution in [-0.2, 0) is 6.54 Å². The highest BCUT2D eigenvalue weighted by Crippen LogP contribution is 2.25. The van der Waals surface area contributed by atoms with Crippen molar-refractivity contribution in [1.29, 1.82) is 0 Å². The van der Waals surface area contributed by atoms with Gasteiger partial charge >= 0.3 is 0 Å². The van der Waals surface area contributed by atoms with Crippen LogP contribution >= 0.6 is 11.3 Å². The minimum Gasteiger partial charge on any atom is -0.369 e. The topological polar surface area (TPSA) is 81.6 Å². The molecule has 3 N–H and O–H groups in total. The lowest BCUT2D eigenvalue weighted by atomic mass is 10.3. The molecule has 20 heavy (non-hydrogen) atoms. The van der Waals surface area contributed by atoms with Crippen molar-refractivity contribution in [3.63, 3.8) is 0 Å². The maximum absolute atomic E-state index is 5.71. The fourth-order valence-electron chi connectivity index (χ4n) is 2.05. The highest BCUT2D eigenvalue weighted by atomic mass is 32.1. The molecule has 0 saturated heterocycles. The first-order chi connectivity index (χ1) is 9.83. The van der Waals surface area contributed by atoms with E-state index in [0.717, 1.165) is 42.0 Å². The van der Waals surface area contributed by atoms with E-state index in [0.29, 0.717) is 5.95 Å². The van der Waals surface area contributed by atoms with Crippen molar-refractivity contribution in [3.8, 4) is 0 Å². The van der Waals surface area contributed by atoms with E-state index >= 15 is 0 Å². The molecule has 0 atom stereocenters. The van der Waals surface area contributed by atoms with Crippen molar-refractivity contribution >= 4 is 33.3 Å². The lowest BCUT2D eigenvalue weighted by Gasteiger charge is -2.07. The lowest BCUT2D eigenvalue weighted by Crippen LogP contribution is -2.07. The van der Waals surface area contributed by atoms with Gasteiger partial charge in [0.1, 0.15) is 10.6 Å². The summed E-state index contributed by atoms with van der Waals surface area (Å²) >= 11 is 1.58. The van der Waals surface area contributed by atoms with Gasteiger partial charge in [-0.3, -0.25) is 0 Å². The van der Waals surface area contributed by atoms with Gasteiger partial charge in [0.15, 0.2) is 0 Å². The molecule has 6 nitrogen and oxygen atoms in total. The van der Waals surface area contributed by atoms with Gasteiger partial charge in [-0.2, -0.15) is 4.98 Å². The summed E-state index contributed by atoms with van der Waals surface area (Å²) in [5.74, 6) is 1.15. The van der Waals surface area contributed by atoms with Crippen LogP contribution in [0, 0.1) is 0 Å². The Balaban J connectivity index is 1.53. The Hall–Kier alpha value is -2.15. The number of anilines is 2. The molecule has 0 fully saturated rings. The van der Waals surface area contributed by atoms with Gasteiger partial charge in [0.2, 0.25) is 5.95 Å². The number of aromatic nitrogens is 4. The summed E-state index contributed by atoms with van der Waals surface area (Å²) in [6, 6.07) is 2.02. The first-order valence-electron chi connectivity index (χ1n) is 6.53. The van der Waals surface area contributed by atoms with Crippen molar-refractivity contribution in [2.75, 3.05) is 17.6 Å². The molecule has 104 valence electrons. The molecule has 3 aromatic heterocycles. The average Bonchev–Trinajstić information content (AvgIpc) is 3.08. The molecule has 3 aromatic rings. The minimum absolute atomic E-state index is 0.320. The number of fused-ring (bicyclic) bond motifs is 1. The Kier molecular flexibility index (Phi) is 3.78. The summed E-state index contributed by atoms with van der Waals surface area (Å²) in [7, 11) is 0. The SMILES string of the molecule is Nc1nc(NCCCCn2ccnc2)c2ccsc2n1. The number of aryl methyl sites for hydroxylation is 1. The first-order valence-corrected chi connectivity index (χ1v) is 7.41. The normalized spacial score (nSPS) is 11.0. The molecule has 0 radical (unpaired) electrons. The molecule has 0 amide bonds. The summed E-state index contributed by atoms with van der Waals surface area (Å²) in [5, 5.41) is 6.39. The summed E-state index contributed by atoms with van der Waals surface area (Å²) in [5.41, 5.74) is 5.71. The zero-order chi connectivity index (χ0) is 13.8. The van der Waals surface area contributed by atoms with Crippen LogP contribution in [0.4, 0.5) is 11.8 Å². The zero-order valence-corrected chi connectivity index (χ0v) is 11.8. The number of hydrogen-bond donors (Lipinski definition) is 2. The van der Waals surface area contributed by atoms with Crippen molar-refractivity contribution in [2.24, 2.45) is 0 Å². The highest BCUT2D eigenvalue weighted by molar-refractivity contribution is 7.16. The van der Waals surface area contributed by atoms with Crippen LogP contribution in [0.3, 0.4) is 0 Å². The Labute approximate surface area is 120 Å². The third-order valence-electron chi connectivity index (χ3n) is 3.04. The third-order valence-corrected chi connectivity index (χ3v) is 3.84. The molecule has 0 spiro atoms. The number of nitrogen functional groups attached to an aromatic ring is 1. The summed E-state index contributed by atoms with van der Waals surface area (Å²) in [4.78, 5) is 13.4. The molecule has 0 aliphatic rings. The van der Waals surface area contributed by atoms with Crippen LogP contribution in [0.2, 0.25) is 0 Å². The third kappa shape index (κ3) is 2.88. The van der Waals surface area contributed by atoms with E-state index in [-0.39, 0.29) is 0 Å². The van der Waals surface area contributed by atoms with E-state index < -0.39 is 0 Å². The first kappa shape index (κ1) is 12.9. The standard InChI is InChI=1S/C13H16N6S/c14-13-17-11(10-3-8-20-12(10)18-13)16-4-1-2-6-19-7-5-15-9-19/h3,5,7-9H,1-2,4,6H2,(H3,14,16,17,18). The van der Waals surface area contributed by atoms with Crippen molar-refractivity contribution in [2.45, 2.75) is 19.4 Å². The van der Waals surface area contributed by atoms with Gasteiger partial charge < -0.3 is 15.6 Å². The van der Waals surface area contributed by atoms with E-state index in [1.165, 1.54) is 0 Å². The Morgan fingerprint density at radius 3 is 3.10 bits per heavy atom. The van der Waals surface area contributed by atoms with Crippen molar-refractivity contribution in [1.82, 2.24) is 19.5 Å². The molecule has 0 unspecified atom stereocenters. The van der Waals surface area contributed by atoms with E-state index in [1.807, 2.05) is 24.0 Å². The molecule has 7 heteroatoms. The summed E-state index contributed by atoms with van der Waals surface area (Å²) in [6.07, 6.45) is 7.78. The summed E-state index contributed by atoms with van der Waals surface area (Å²) in [6.45, 7) is 1.86. The van der Waals surface area contributed by atoms with Crippen LogP contribution in [0.25, 0.3) is 10.2 Å². The van der Waals surface area contributed by atoms with Gasteiger partial charge in [-0.15, -0.1) is 11.3 Å². The molecule has 0 saturated carbocycles. The largest absolute Gasteiger partial charge is 0.369 e. The Bertz CT molecular complexity index is 675. The predicted molar refractivity (Wildman–Crippen MR) is 81.8 cm³/mol. The van der Waals surface area contributed by atoms with Gasteiger partial charge in [0.25, 0.3) is 0 Å². The average molecular weight is 288 g/mol. The zero-order valence-electron chi connectivity index (χ0n) is 11.0. The van der Waals surface area contributed by atoms with Crippen molar-refractivity contribution in [3.05, 3.63) is 30.2 Å². The number of unbranched alkanes of at least 4 members (excludes halogenated alkanes) is 1. The molecule has 0 aliphatic heterocycles. The van der Waals surface area contributed by atoms with Crippen LogP contribution < -0.4 is 11.1 Å². The van der Waals surface area contributed by atoms with E-state index in [4.69, 9.17) is 5.73 Å². The minimum atomic E-state index is 0.320. The van der Waals surface area contributed by atoms with E-state index in [2.05, 4.69) is 24.8 Å². The molecule has 3 heterocycles. The molecule has 0 bridgehead atoms.